The predicted molar refractivity (Wildman–Crippen MR) is 191 cm³/mol. The van der Waals surface area contributed by atoms with E-state index in [4.69, 9.17) is 9.57 Å². The summed E-state index contributed by atoms with van der Waals surface area (Å²) in [5.41, 5.74) is 5.40. The third-order valence-corrected chi connectivity index (χ3v) is 11.6. The molecule has 10 heteroatoms. The van der Waals surface area contributed by atoms with Crippen molar-refractivity contribution in [1.82, 2.24) is 20.6 Å². The molecule has 2 aromatic rings. The monoisotopic (exact) mass is 665 g/mol. The van der Waals surface area contributed by atoms with Crippen LogP contribution < -0.4 is 20.3 Å². The van der Waals surface area contributed by atoms with Gasteiger partial charge in [-0.1, -0.05) is 39.0 Å². The van der Waals surface area contributed by atoms with Crippen LogP contribution in [0.4, 0.5) is 5.69 Å². The van der Waals surface area contributed by atoms with E-state index in [1.165, 1.54) is 12.0 Å². The molecule has 10 nitrogen and oxygen atoms in total. The molecular formula is C38H59N5O5. The number of aliphatic hydroxyl groups excluding tert-OH is 2. The number of likely N-dealkylation sites (N-methyl/N-ethyl adjacent to an activating group) is 1. The Bertz CT molecular complexity index is 1410. The van der Waals surface area contributed by atoms with Crippen LogP contribution in [0.3, 0.4) is 0 Å². The normalized spacial score (nSPS) is 28.6. The van der Waals surface area contributed by atoms with Gasteiger partial charge in [0.15, 0.2) is 0 Å². The van der Waals surface area contributed by atoms with E-state index in [9.17, 15) is 15.0 Å². The van der Waals surface area contributed by atoms with E-state index >= 15 is 0 Å². The molecule has 4 fully saturated rings. The lowest BCUT2D eigenvalue weighted by Crippen LogP contribution is -2.62. The molecule has 1 heterocycles. The number of amides is 1. The van der Waals surface area contributed by atoms with Gasteiger partial charge >= 0.3 is 0 Å². The summed E-state index contributed by atoms with van der Waals surface area (Å²) in [6.45, 7) is 11.2. The Morgan fingerprint density at radius 3 is 2.52 bits per heavy atom. The Morgan fingerprint density at radius 1 is 1.17 bits per heavy atom. The van der Waals surface area contributed by atoms with Crippen LogP contribution >= 0.6 is 0 Å². The number of benzene rings is 2. The first-order valence-electron chi connectivity index (χ1n) is 17.6. The minimum Gasteiger partial charge on any atom is -0.496 e. The number of carbonyl (C=O) groups is 1. The summed E-state index contributed by atoms with van der Waals surface area (Å²) in [6, 6.07) is 11.9. The second kappa shape index (κ2) is 15.0. The van der Waals surface area contributed by atoms with Gasteiger partial charge in [0.2, 0.25) is 5.91 Å². The van der Waals surface area contributed by atoms with E-state index in [1.54, 1.807) is 19.1 Å². The molecule has 4 aliphatic rings. The Morgan fingerprint density at radius 2 is 1.92 bits per heavy atom. The average Bonchev–Trinajstić information content (AvgIpc) is 3.42. The van der Waals surface area contributed by atoms with E-state index in [2.05, 4.69) is 79.6 Å². The SMILES string of the molecule is COc1c(CN2O[C@@H](CO)[C@H]([C@H](C)O)[C@H]2C(=O)N[C@H]2C[C@H]3C[C@@H]([C@@H]2C)C3(C)C)cccc1-c1cc(CNCCN(C)C)cc(N(C)C)c1. The molecule has 0 radical (unpaired) electrons. The van der Waals surface area contributed by atoms with E-state index in [0.717, 1.165) is 48.4 Å². The fourth-order valence-corrected chi connectivity index (χ4v) is 8.56. The first kappa shape index (κ1) is 36.5. The van der Waals surface area contributed by atoms with Gasteiger partial charge in [0, 0.05) is 62.5 Å². The Labute approximate surface area is 287 Å². The van der Waals surface area contributed by atoms with Gasteiger partial charge in [0.1, 0.15) is 17.9 Å². The van der Waals surface area contributed by atoms with Gasteiger partial charge in [-0.15, -0.1) is 0 Å². The zero-order valence-corrected chi connectivity index (χ0v) is 30.5. The summed E-state index contributed by atoms with van der Waals surface area (Å²) in [6.07, 6.45) is 0.627. The summed E-state index contributed by atoms with van der Waals surface area (Å²) in [4.78, 5) is 24.7. The van der Waals surface area contributed by atoms with Gasteiger partial charge in [-0.3, -0.25) is 9.63 Å². The number of fused-ring (bicyclic) bond motifs is 2. The smallest absolute Gasteiger partial charge is 0.240 e. The predicted octanol–water partition coefficient (Wildman–Crippen LogP) is 3.74. The molecular weight excluding hydrogens is 606 g/mol. The lowest BCUT2D eigenvalue weighted by atomic mass is 9.45. The highest BCUT2D eigenvalue weighted by Crippen LogP contribution is 2.61. The largest absolute Gasteiger partial charge is 0.496 e. The number of anilines is 1. The van der Waals surface area contributed by atoms with Gasteiger partial charge in [-0.25, -0.2) is 0 Å². The topological polar surface area (TPSA) is 110 Å². The van der Waals surface area contributed by atoms with Crippen molar-refractivity contribution in [3.8, 4) is 16.9 Å². The summed E-state index contributed by atoms with van der Waals surface area (Å²) in [7, 11) is 9.90. The van der Waals surface area contributed by atoms with Crippen molar-refractivity contribution in [3.63, 3.8) is 0 Å². The van der Waals surface area contributed by atoms with E-state index in [0.29, 0.717) is 28.9 Å². The number of carbonyl (C=O) groups excluding carboxylic acids is 1. The molecule has 266 valence electrons. The third-order valence-electron chi connectivity index (χ3n) is 11.6. The number of hydrogen-bond acceptors (Lipinski definition) is 9. The van der Waals surface area contributed by atoms with Crippen LogP contribution in [0.15, 0.2) is 36.4 Å². The molecule has 1 aliphatic heterocycles. The van der Waals surface area contributed by atoms with Crippen molar-refractivity contribution < 1.29 is 24.6 Å². The van der Waals surface area contributed by atoms with Crippen molar-refractivity contribution in [2.24, 2.45) is 29.1 Å². The van der Waals surface area contributed by atoms with Crippen molar-refractivity contribution in [2.75, 3.05) is 59.9 Å². The van der Waals surface area contributed by atoms with Crippen LogP contribution in [0.5, 0.6) is 5.75 Å². The number of nitrogens with one attached hydrogen (secondary N) is 2. The van der Waals surface area contributed by atoms with Gasteiger partial charge in [-0.05, 0) is 86.4 Å². The van der Waals surface area contributed by atoms with Gasteiger partial charge < -0.3 is 35.4 Å². The lowest BCUT2D eigenvalue weighted by Gasteiger charge is -2.62. The maximum atomic E-state index is 14.2. The van der Waals surface area contributed by atoms with Crippen molar-refractivity contribution in [1.29, 1.82) is 0 Å². The first-order valence-corrected chi connectivity index (χ1v) is 17.6. The second-order valence-electron chi connectivity index (χ2n) is 15.5. The molecule has 6 rings (SSSR count). The standard InChI is InChI=1S/C38H59N5O5/c1-23-31-18-28(38(31,3)4)19-32(23)40-37(46)35-34(24(2)45)33(22-44)48-43(35)21-26-11-10-12-30(36(26)47-9)27-15-25(16-29(17-27)42(7)8)20-39-13-14-41(5)6/h10-12,15-17,23-24,28,31-35,39,44-45H,13-14,18-22H2,1-9H3,(H,40,46)/t23-,24-,28+,31-,32-,33-,34-,35-/m0/s1. The van der Waals surface area contributed by atoms with Crippen molar-refractivity contribution in [3.05, 3.63) is 47.5 Å². The number of para-hydroxylation sites is 1. The molecule has 3 aliphatic carbocycles. The molecule has 0 unspecified atom stereocenters. The summed E-state index contributed by atoms with van der Waals surface area (Å²) in [5.74, 6) is 1.51. The highest BCUT2D eigenvalue weighted by molar-refractivity contribution is 5.83. The lowest BCUT2D eigenvalue weighted by molar-refractivity contribution is -0.183. The maximum absolute atomic E-state index is 14.2. The summed E-state index contributed by atoms with van der Waals surface area (Å²) >= 11 is 0. The molecule has 0 aromatic heterocycles. The molecule has 4 N–H and O–H groups in total. The quantitative estimate of drug-likeness (QED) is 0.225. The minimum atomic E-state index is -0.856. The van der Waals surface area contributed by atoms with Gasteiger partial charge in [-0.2, -0.15) is 5.06 Å². The van der Waals surface area contributed by atoms with Crippen molar-refractivity contribution >= 4 is 11.6 Å². The van der Waals surface area contributed by atoms with Crippen LogP contribution in [0.25, 0.3) is 11.1 Å². The van der Waals surface area contributed by atoms with Crippen LogP contribution in [0, 0.1) is 29.1 Å². The highest BCUT2D eigenvalue weighted by atomic mass is 16.7. The Kier molecular flexibility index (Phi) is 11.4. The summed E-state index contributed by atoms with van der Waals surface area (Å²) < 4.78 is 6.08. The fourth-order valence-electron chi connectivity index (χ4n) is 8.56. The minimum absolute atomic E-state index is 0.0763. The van der Waals surface area contributed by atoms with Gasteiger partial charge in [0.05, 0.1) is 26.4 Å². The number of rotatable bonds is 14. The van der Waals surface area contributed by atoms with E-state index in [1.807, 2.05) is 26.2 Å². The molecule has 3 saturated carbocycles. The van der Waals surface area contributed by atoms with Crippen LogP contribution in [-0.2, 0) is 22.7 Å². The number of hydrogen-bond donors (Lipinski definition) is 4. The van der Waals surface area contributed by atoms with E-state index in [-0.39, 0.29) is 25.1 Å². The summed E-state index contributed by atoms with van der Waals surface area (Å²) in [5, 5.41) is 29.8. The number of ether oxygens (including phenoxy) is 1. The zero-order valence-electron chi connectivity index (χ0n) is 30.5. The number of aliphatic hydroxyl groups is 2. The number of hydroxylamine groups is 2. The van der Waals surface area contributed by atoms with Gasteiger partial charge in [0.25, 0.3) is 0 Å². The fraction of sp³-hybridized carbons (Fsp3) is 0.658. The van der Waals surface area contributed by atoms with Crippen molar-refractivity contribution in [2.45, 2.75) is 77.9 Å². The third kappa shape index (κ3) is 7.39. The maximum Gasteiger partial charge on any atom is 0.240 e. The molecule has 0 spiro atoms. The van der Waals surface area contributed by atoms with E-state index < -0.39 is 24.2 Å². The average molecular weight is 666 g/mol. The van der Waals surface area contributed by atoms with Crippen LogP contribution in [0.2, 0.25) is 0 Å². The highest BCUT2D eigenvalue weighted by Gasteiger charge is 2.57. The second-order valence-corrected chi connectivity index (χ2v) is 15.5. The van der Waals surface area contributed by atoms with Crippen LogP contribution in [-0.4, -0.2) is 105 Å². The first-order chi connectivity index (χ1) is 22.8. The molecule has 1 amide bonds. The van der Waals surface area contributed by atoms with Crippen LogP contribution in [0.1, 0.15) is 51.7 Å². The number of methoxy groups -OCH3 is 1. The Hall–Kier alpha value is -2.73. The number of nitrogens with zero attached hydrogens (tertiary/aromatic N) is 3. The Balaban J connectivity index is 1.42. The molecule has 1 saturated heterocycles. The molecule has 2 aromatic carbocycles. The molecule has 8 atom stereocenters. The molecule has 2 bridgehead atoms. The molecule has 48 heavy (non-hydrogen) atoms. The zero-order chi connectivity index (χ0) is 34.9.